The molecule has 0 bridgehead atoms. The lowest BCUT2D eigenvalue weighted by Crippen LogP contribution is -2.12. The summed E-state index contributed by atoms with van der Waals surface area (Å²) in [4.78, 5) is 0. The van der Waals surface area contributed by atoms with Crippen LogP contribution in [0.1, 0.15) is 30.7 Å². The van der Waals surface area contributed by atoms with Crippen LogP contribution in [-0.4, -0.2) is 13.2 Å². The van der Waals surface area contributed by atoms with Crippen LogP contribution in [-0.2, 0) is 4.74 Å². The van der Waals surface area contributed by atoms with Gasteiger partial charge in [0, 0.05) is 18.6 Å². The van der Waals surface area contributed by atoms with Gasteiger partial charge in [0.2, 0.25) is 0 Å². The van der Waals surface area contributed by atoms with Crippen molar-refractivity contribution in [2.24, 2.45) is 5.73 Å². The lowest BCUT2D eigenvalue weighted by molar-refractivity contribution is 0.138. The van der Waals surface area contributed by atoms with Crippen LogP contribution in [0.4, 0.5) is 0 Å². The van der Waals surface area contributed by atoms with Gasteiger partial charge >= 0.3 is 0 Å². The standard InChI is InChI=1S/C14H19NO2/c1-3-16-7-6-12(15)14-9-11-8-10(2)4-5-13(11)17-14/h4-5,8-9,12H,3,6-7,15H2,1-2H3. The lowest BCUT2D eigenvalue weighted by Gasteiger charge is -2.07. The number of furan rings is 1. The van der Waals surface area contributed by atoms with E-state index >= 15 is 0 Å². The van der Waals surface area contributed by atoms with Crippen molar-refractivity contribution in [1.82, 2.24) is 0 Å². The van der Waals surface area contributed by atoms with E-state index in [4.69, 9.17) is 14.9 Å². The van der Waals surface area contributed by atoms with Gasteiger partial charge < -0.3 is 14.9 Å². The predicted octanol–water partition coefficient (Wildman–Crippen LogP) is 3.17. The highest BCUT2D eigenvalue weighted by atomic mass is 16.5. The Kier molecular flexibility index (Phi) is 3.82. The second-order valence-electron chi connectivity index (χ2n) is 4.28. The van der Waals surface area contributed by atoms with Crippen molar-refractivity contribution >= 4 is 11.0 Å². The van der Waals surface area contributed by atoms with Crippen LogP contribution in [0.3, 0.4) is 0 Å². The molecule has 3 nitrogen and oxygen atoms in total. The van der Waals surface area contributed by atoms with E-state index in [1.165, 1.54) is 5.56 Å². The first-order valence-electron chi connectivity index (χ1n) is 6.04. The summed E-state index contributed by atoms with van der Waals surface area (Å²) in [7, 11) is 0. The monoisotopic (exact) mass is 233 g/mol. The second-order valence-corrected chi connectivity index (χ2v) is 4.28. The van der Waals surface area contributed by atoms with E-state index in [9.17, 15) is 0 Å². The quantitative estimate of drug-likeness (QED) is 0.807. The summed E-state index contributed by atoms with van der Waals surface area (Å²) in [5, 5.41) is 1.12. The van der Waals surface area contributed by atoms with Gasteiger partial charge in [-0.3, -0.25) is 0 Å². The van der Waals surface area contributed by atoms with Crippen LogP contribution >= 0.6 is 0 Å². The molecule has 1 heterocycles. The van der Waals surface area contributed by atoms with Crippen LogP contribution in [0.15, 0.2) is 28.7 Å². The Hall–Kier alpha value is -1.32. The SMILES string of the molecule is CCOCCC(N)c1cc2cc(C)ccc2o1. The zero-order chi connectivity index (χ0) is 12.3. The minimum absolute atomic E-state index is 0.0887. The summed E-state index contributed by atoms with van der Waals surface area (Å²) in [5.74, 6) is 0.838. The van der Waals surface area contributed by atoms with Crippen LogP contribution in [0.2, 0.25) is 0 Å². The van der Waals surface area contributed by atoms with E-state index in [0.29, 0.717) is 6.61 Å². The first-order valence-corrected chi connectivity index (χ1v) is 6.04. The largest absolute Gasteiger partial charge is 0.459 e. The van der Waals surface area contributed by atoms with E-state index < -0.39 is 0 Å². The third-order valence-electron chi connectivity index (χ3n) is 2.83. The zero-order valence-electron chi connectivity index (χ0n) is 10.4. The molecule has 92 valence electrons. The summed E-state index contributed by atoms with van der Waals surface area (Å²) in [6.07, 6.45) is 0.784. The van der Waals surface area contributed by atoms with Gasteiger partial charge in [-0.2, -0.15) is 0 Å². The smallest absolute Gasteiger partial charge is 0.134 e. The fourth-order valence-corrected chi connectivity index (χ4v) is 1.86. The molecule has 0 aliphatic rings. The maximum atomic E-state index is 6.06. The van der Waals surface area contributed by atoms with Crippen LogP contribution in [0.25, 0.3) is 11.0 Å². The summed E-state index contributed by atoms with van der Waals surface area (Å²) in [6, 6.07) is 8.08. The van der Waals surface area contributed by atoms with E-state index in [2.05, 4.69) is 13.0 Å². The van der Waals surface area contributed by atoms with Gasteiger partial charge in [0.15, 0.2) is 0 Å². The highest BCUT2D eigenvalue weighted by molar-refractivity contribution is 5.78. The number of aryl methyl sites for hydroxylation is 1. The summed E-state index contributed by atoms with van der Waals surface area (Å²) in [5.41, 5.74) is 8.19. The molecule has 1 aromatic carbocycles. The number of fused-ring (bicyclic) bond motifs is 1. The van der Waals surface area contributed by atoms with Gasteiger partial charge in [0.1, 0.15) is 11.3 Å². The Bertz CT molecular complexity index is 490. The molecule has 0 fully saturated rings. The average Bonchev–Trinajstić information content (AvgIpc) is 2.72. The maximum absolute atomic E-state index is 6.06. The van der Waals surface area contributed by atoms with E-state index in [1.54, 1.807) is 0 Å². The summed E-state index contributed by atoms with van der Waals surface area (Å²) < 4.78 is 11.0. The number of ether oxygens (including phenoxy) is 1. The molecular weight excluding hydrogens is 214 g/mol. The molecule has 0 aliphatic carbocycles. The van der Waals surface area contributed by atoms with Gasteiger partial charge in [0.05, 0.1) is 6.04 Å². The number of nitrogens with two attached hydrogens (primary N) is 1. The molecule has 0 radical (unpaired) electrons. The summed E-state index contributed by atoms with van der Waals surface area (Å²) in [6.45, 7) is 5.45. The fourth-order valence-electron chi connectivity index (χ4n) is 1.86. The van der Waals surface area contributed by atoms with Crippen molar-refractivity contribution in [2.45, 2.75) is 26.3 Å². The Morgan fingerprint density at radius 3 is 2.94 bits per heavy atom. The Morgan fingerprint density at radius 1 is 1.35 bits per heavy atom. The maximum Gasteiger partial charge on any atom is 0.134 e. The van der Waals surface area contributed by atoms with Crippen LogP contribution < -0.4 is 5.73 Å². The lowest BCUT2D eigenvalue weighted by atomic mass is 10.1. The molecule has 2 rings (SSSR count). The Morgan fingerprint density at radius 2 is 2.18 bits per heavy atom. The van der Waals surface area contributed by atoms with Gasteiger partial charge in [-0.05, 0) is 38.5 Å². The topological polar surface area (TPSA) is 48.4 Å². The van der Waals surface area contributed by atoms with Crippen molar-refractivity contribution in [3.63, 3.8) is 0 Å². The van der Waals surface area contributed by atoms with Crippen molar-refractivity contribution in [2.75, 3.05) is 13.2 Å². The van der Waals surface area contributed by atoms with E-state index in [-0.39, 0.29) is 6.04 Å². The molecule has 2 aromatic rings. The molecular formula is C14H19NO2. The molecule has 2 N–H and O–H groups in total. The van der Waals surface area contributed by atoms with Gasteiger partial charge in [-0.25, -0.2) is 0 Å². The van der Waals surface area contributed by atoms with Gasteiger partial charge in [-0.15, -0.1) is 0 Å². The van der Waals surface area contributed by atoms with Gasteiger partial charge in [-0.1, -0.05) is 11.6 Å². The molecule has 17 heavy (non-hydrogen) atoms. The molecule has 1 atom stereocenters. The number of hydrogen-bond acceptors (Lipinski definition) is 3. The highest BCUT2D eigenvalue weighted by Crippen LogP contribution is 2.25. The first-order chi connectivity index (χ1) is 8.20. The Balaban J connectivity index is 2.12. The summed E-state index contributed by atoms with van der Waals surface area (Å²) >= 11 is 0. The minimum Gasteiger partial charge on any atom is -0.459 e. The van der Waals surface area contributed by atoms with Crippen molar-refractivity contribution in [1.29, 1.82) is 0 Å². The Labute approximate surface area is 102 Å². The number of rotatable bonds is 5. The second kappa shape index (κ2) is 5.34. The van der Waals surface area contributed by atoms with Crippen molar-refractivity contribution < 1.29 is 9.15 Å². The molecule has 0 aliphatic heterocycles. The molecule has 1 unspecified atom stereocenters. The highest BCUT2D eigenvalue weighted by Gasteiger charge is 2.11. The fraction of sp³-hybridized carbons (Fsp3) is 0.429. The first kappa shape index (κ1) is 12.1. The number of hydrogen-bond donors (Lipinski definition) is 1. The average molecular weight is 233 g/mol. The predicted molar refractivity (Wildman–Crippen MR) is 69.0 cm³/mol. The van der Waals surface area contributed by atoms with E-state index in [0.717, 1.165) is 29.8 Å². The van der Waals surface area contributed by atoms with Crippen LogP contribution in [0.5, 0.6) is 0 Å². The third kappa shape index (κ3) is 2.87. The van der Waals surface area contributed by atoms with Gasteiger partial charge in [0.25, 0.3) is 0 Å². The van der Waals surface area contributed by atoms with E-state index in [1.807, 2.05) is 25.1 Å². The van der Waals surface area contributed by atoms with Crippen LogP contribution in [0, 0.1) is 6.92 Å². The van der Waals surface area contributed by atoms with Crippen molar-refractivity contribution in [3.8, 4) is 0 Å². The van der Waals surface area contributed by atoms with Crippen molar-refractivity contribution in [3.05, 3.63) is 35.6 Å². The molecule has 0 saturated carbocycles. The number of benzene rings is 1. The molecule has 0 saturated heterocycles. The molecule has 1 aromatic heterocycles. The zero-order valence-corrected chi connectivity index (χ0v) is 10.4. The molecule has 0 spiro atoms. The molecule has 0 amide bonds. The third-order valence-corrected chi connectivity index (χ3v) is 2.83. The normalized spacial score (nSPS) is 13.1. The molecule has 3 heteroatoms. The minimum atomic E-state index is -0.0887.